The van der Waals surface area contributed by atoms with Crippen LogP contribution in [0.15, 0.2) is 42.5 Å². The van der Waals surface area contributed by atoms with Crippen molar-refractivity contribution in [3.8, 4) is 16.2 Å². The van der Waals surface area contributed by atoms with Crippen LogP contribution in [0.3, 0.4) is 0 Å². The number of thiophene rings is 1. The van der Waals surface area contributed by atoms with Gasteiger partial charge in [0.1, 0.15) is 11.9 Å². The topological polar surface area (TPSA) is 58.6 Å². The van der Waals surface area contributed by atoms with Crippen molar-refractivity contribution in [1.29, 1.82) is 0 Å². The van der Waals surface area contributed by atoms with Gasteiger partial charge in [0, 0.05) is 23.4 Å². The van der Waals surface area contributed by atoms with Crippen molar-refractivity contribution in [2.75, 3.05) is 26.7 Å². The summed E-state index contributed by atoms with van der Waals surface area (Å²) in [5.41, 5.74) is 2.33. The zero-order valence-electron chi connectivity index (χ0n) is 18.5. The first-order valence-corrected chi connectivity index (χ1v) is 12.1. The summed E-state index contributed by atoms with van der Waals surface area (Å²) >= 11 is 1.53. The second-order valence-electron chi connectivity index (χ2n) is 8.99. The van der Waals surface area contributed by atoms with E-state index in [2.05, 4.69) is 41.5 Å². The predicted molar refractivity (Wildman–Crippen MR) is 129 cm³/mol. The molecule has 0 bridgehead atoms. The third kappa shape index (κ3) is 4.17. The number of likely N-dealkylation sites (tertiary alicyclic amines) is 1. The van der Waals surface area contributed by atoms with E-state index in [-0.39, 0.29) is 23.7 Å². The standard InChI is InChI=1S/C26H28N2O3S/c1-16(29)24-9-10-25(32-24)18-5-7-21-17(12-18)6-8-23-22(21)13-20(31-23)14-27-26(30)19-4-3-11-28(2)15-19/h5-10,12,19-20H,3-4,11,13-15H2,1-2H3,(H,27,30)/t19-,20-/m1/s1. The van der Waals surface area contributed by atoms with Gasteiger partial charge in [-0.2, -0.15) is 0 Å². The normalized spacial score (nSPS) is 20.7. The van der Waals surface area contributed by atoms with Crippen LogP contribution in [0, 0.1) is 5.92 Å². The summed E-state index contributed by atoms with van der Waals surface area (Å²) in [7, 11) is 2.08. The summed E-state index contributed by atoms with van der Waals surface area (Å²) < 4.78 is 6.16. The van der Waals surface area contributed by atoms with Crippen LogP contribution in [-0.2, 0) is 11.2 Å². The first kappa shape index (κ1) is 21.2. The van der Waals surface area contributed by atoms with Gasteiger partial charge in [0.05, 0.1) is 17.3 Å². The number of hydrogen-bond acceptors (Lipinski definition) is 5. The number of hydrogen-bond donors (Lipinski definition) is 1. The number of ketones is 1. The number of benzene rings is 2. The van der Waals surface area contributed by atoms with Crippen molar-refractivity contribution in [1.82, 2.24) is 10.2 Å². The molecule has 1 amide bonds. The molecule has 2 aromatic carbocycles. The molecular formula is C26H28N2O3S. The van der Waals surface area contributed by atoms with Crippen molar-refractivity contribution < 1.29 is 14.3 Å². The molecule has 0 saturated carbocycles. The summed E-state index contributed by atoms with van der Waals surface area (Å²) in [6, 6.07) is 14.5. The van der Waals surface area contributed by atoms with Crippen molar-refractivity contribution >= 4 is 33.8 Å². The van der Waals surface area contributed by atoms with Crippen LogP contribution in [0.2, 0.25) is 0 Å². The van der Waals surface area contributed by atoms with E-state index in [1.54, 1.807) is 6.92 Å². The van der Waals surface area contributed by atoms with Crippen LogP contribution in [0.5, 0.6) is 5.75 Å². The lowest BCUT2D eigenvalue weighted by molar-refractivity contribution is -0.126. The fraction of sp³-hybridized carbons (Fsp3) is 0.385. The maximum Gasteiger partial charge on any atom is 0.224 e. The quantitative estimate of drug-likeness (QED) is 0.583. The molecule has 0 spiro atoms. The van der Waals surface area contributed by atoms with E-state index in [0.717, 1.165) is 58.8 Å². The van der Waals surface area contributed by atoms with E-state index >= 15 is 0 Å². The number of rotatable bonds is 5. The molecule has 3 aromatic rings. The second kappa shape index (κ2) is 8.68. The fourth-order valence-electron chi connectivity index (χ4n) is 4.83. The first-order valence-electron chi connectivity index (χ1n) is 11.3. The molecule has 0 unspecified atom stereocenters. The van der Waals surface area contributed by atoms with Crippen LogP contribution in [-0.4, -0.2) is 49.4 Å². The molecule has 6 heteroatoms. The molecule has 32 heavy (non-hydrogen) atoms. The van der Waals surface area contributed by atoms with E-state index in [1.165, 1.54) is 22.3 Å². The zero-order chi connectivity index (χ0) is 22.2. The number of fused-ring (bicyclic) bond motifs is 3. The fourth-order valence-corrected chi connectivity index (χ4v) is 5.73. The van der Waals surface area contributed by atoms with Crippen LogP contribution in [0.4, 0.5) is 0 Å². The van der Waals surface area contributed by atoms with Crippen molar-refractivity contribution in [3.05, 3.63) is 52.9 Å². The molecule has 2 atom stereocenters. The molecule has 1 N–H and O–H groups in total. The Morgan fingerprint density at radius 1 is 1.19 bits per heavy atom. The summed E-state index contributed by atoms with van der Waals surface area (Å²) in [6.07, 6.45) is 2.81. The highest BCUT2D eigenvalue weighted by Crippen LogP contribution is 2.37. The Morgan fingerprint density at radius 2 is 2.06 bits per heavy atom. The third-order valence-electron chi connectivity index (χ3n) is 6.55. The molecule has 1 fully saturated rings. The Kier molecular flexibility index (Phi) is 5.74. The first-order chi connectivity index (χ1) is 15.5. The SMILES string of the molecule is CC(=O)c1ccc(-c2ccc3c4c(ccc3c2)O[C@@H](CNC(=O)[C@@H]2CCCN(C)C2)C4)s1. The summed E-state index contributed by atoms with van der Waals surface area (Å²) in [5, 5.41) is 5.48. The highest BCUT2D eigenvalue weighted by molar-refractivity contribution is 7.17. The molecule has 5 nitrogen and oxygen atoms in total. The van der Waals surface area contributed by atoms with E-state index < -0.39 is 0 Å². The van der Waals surface area contributed by atoms with Crippen LogP contribution in [0.1, 0.15) is 35.0 Å². The van der Waals surface area contributed by atoms with Gasteiger partial charge in [-0.1, -0.05) is 18.2 Å². The maximum atomic E-state index is 12.6. The van der Waals surface area contributed by atoms with Crippen molar-refractivity contribution in [3.63, 3.8) is 0 Å². The van der Waals surface area contributed by atoms with Gasteiger partial charge in [0.15, 0.2) is 5.78 Å². The van der Waals surface area contributed by atoms with E-state index in [1.807, 2.05) is 18.2 Å². The Labute approximate surface area is 192 Å². The number of nitrogens with one attached hydrogen (secondary N) is 1. The number of ether oxygens (including phenoxy) is 1. The minimum Gasteiger partial charge on any atom is -0.488 e. The zero-order valence-corrected chi connectivity index (χ0v) is 19.3. The molecule has 1 saturated heterocycles. The van der Waals surface area contributed by atoms with Gasteiger partial charge < -0.3 is 15.0 Å². The van der Waals surface area contributed by atoms with Gasteiger partial charge in [-0.3, -0.25) is 9.59 Å². The molecule has 0 aliphatic carbocycles. The lowest BCUT2D eigenvalue weighted by Gasteiger charge is -2.29. The Bertz CT molecular complexity index is 1190. The van der Waals surface area contributed by atoms with Crippen molar-refractivity contribution in [2.45, 2.75) is 32.3 Å². The Morgan fingerprint density at radius 3 is 2.84 bits per heavy atom. The molecular weight excluding hydrogens is 420 g/mol. The minimum atomic E-state index is -0.0315. The third-order valence-corrected chi connectivity index (χ3v) is 7.79. The number of nitrogens with zero attached hydrogens (tertiary/aromatic N) is 1. The molecule has 2 aliphatic rings. The van der Waals surface area contributed by atoms with Gasteiger partial charge in [0.2, 0.25) is 5.91 Å². The molecule has 1 aromatic heterocycles. The van der Waals surface area contributed by atoms with Gasteiger partial charge in [-0.15, -0.1) is 11.3 Å². The number of carbonyl (C=O) groups excluding carboxylic acids is 2. The Balaban J connectivity index is 1.28. The lowest BCUT2D eigenvalue weighted by atomic mass is 9.97. The summed E-state index contributed by atoms with van der Waals surface area (Å²) in [5.74, 6) is 1.24. The largest absolute Gasteiger partial charge is 0.488 e. The predicted octanol–water partition coefficient (Wildman–Crippen LogP) is 4.53. The highest BCUT2D eigenvalue weighted by Gasteiger charge is 2.28. The number of Topliss-reactive ketones (excluding diaryl/α,β-unsaturated/α-hetero) is 1. The van der Waals surface area contributed by atoms with E-state index in [4.69, 9.17) is 4.74 Å². The molecule has 166 valence electrons. The van der Waals surface area contributed by atoms with Crippen LogP contribution >= 0.6 is 11.3 Å². The number of carbonyl (C=O) groups is 2. The molecule has 0 radical (unpaired) electrons. The van der Waals surface area contributed by atoms with Gasteiger partial charge in [-0.25, -0.2) is 0 Å². The Hall–Kier alpha value is -2.70. The molecule has 2 aliphatic heterocycles. The summed E-state index contributed by atoms with van der Waals surface area (Å²) in [6.45, 7) is 4.05. The second-order valence-corrected chi connectivity index (χ2v) is 10.1. The number of amides is 1. The lowest BCUT2D eigenvalue weighted by Crippen LogP contribution is -2.44. The van der Waals surface area contributed by atoms with Gasteiger partial charge >= 0.3 is 0 Å². The molecule has 5 rings (SSSR count). The highest BCUT2D eigenvalue weighted by atomic mass is 32.1. The minimum absolute atomic E-state index is 0.0315. The van der Waals surface area contributed by atoms with Gasteiger partial charge in [-0.05, 0) is 74.0 Å². The maximum absolute atomic E-state index is 12.6. The number of piperidine rings is 1. The van der Waals surface area contributed by atoms with Crippen LogP contribution < -0.4 is 10.1 Å². The van der Waals surface area contributed by atoms with E-state index in [9.17, 15) is 9.59 Å². The smallest absolute Gasteiger partial charge is 0.224 e. The molecule has 3 heterocycles. The monoisotopic (exact) mass is 448 g/mol. The average molecular weight is 449 g/mol. The van der Waals surface area contributed by atoms with Gasteiger partial charge in [0.25, 0.3) is 0 Å². The summed E-state index contributed by atoms with van der Waals surface area (Å²) in [4.78, 5) is 28.3. The van der Waals surface area contributed by atoms with E-state index in [0.29, 0.717) is 6.54 Å². The van der Waals surface area contributed by atoms with Crippen molar-refractivity contribution in [2.24, 2.45) is 5.92 Å². The average Bonchev–Trinajstić information content (AvgIpc) is 3.44. The van der Waals surface area contributed by atoms with Crippen LogP contribution in [0.25, 0.3) is 21.2 Å².